The van der Waals surface area contributed by atoms with Gasteiger partial charge in [-0.25, -0.2) is 4.79 Å². The fraction of sp³-hybridized carbons (Fsp3) is 0.316. The van der Waals surface area contributed by atoms with Crippen LogP contribution < -0.4 is 0 Å². The van der Waals surface area contributed by atoms with Crippen LogP contribution in [0.4, 0.5) is 0 Å². The van der Waals surface area contributed by atoms with E-state index in [1.807, 2.05) is 6.07 Å². The van der Waals surface area contributed by atoms with Gasteiger partial charge in [0.05, 0.1) is 13.7 Å². The van der Waals surface area contributed by atoms with Crippen LogP contribution in [0.2, 0.25) is 0 Å². The predicted octanol–water partition coefficient (Wildman–Crippen LogP) is 2.82. The average Bonchev–Trinajstić information content (AvgIpc) is 2.59. The molecular weight excluding hydrogens is 290 g/mol. The van der Waals surface area contributed by atoms with Gasteiger partial charge in [0.1, 0.15) is 0 Å². The third-order valence-electron chi connectivity index (χ3n) is 3.37. The third-order valence-corrected chi connectivity index (χ3v) is 3.37. The zero-order chi connectivity index (χ0) is 17.3. The number of carbonyl (C=O) groups excluding carboxylic acids is 2. The summed E-state index contributed by atoms with van der Waals surface area (Å²) in [4.78, 5) is 26.6. The molecule has 1 aromatic rings. The molecule has 0 N–H and O–H groups in total. The summed E-state index contributed by atoms with van der Waals surface area (Å²) in [6.07, 6.45) is 3.19. The fourth-order valence-corrected chi connectivity index (χ4v) is 2.04. The van der Waals surface area contributed by atoms with Gasteiger partial charge in [-0.05, 0) is 45.1 Å². The van der Waals surface area contributed by atoms with Gasteiger partial charge in [-0.1, -0.05) is 24.1 Å². The van der Waals surface area contributed by atoms with Crippen LogP contribution in [-0.4, -0.2) is 36.0 Å². The van der Waals surface area contributed by atoms with Crippen molar-refractivity contribution in [1.82, 2.24) is 4.90 Å². The van der Waals surface area contributed by atoms with Gasteiger partial charge in [0.2, 0.25) is 0 Å². The van der Waals surface area contributed by atoms with Crippen molar-refractivity contribution in [2.45, 2.75) is 26.3 Å². The van der Waals surface area contributed by atoms with E-state index >= 15 is 0 Å². The van der Waals surface area contributed by atoms with E-state index in [0.29, 0.717) is 5.56 Å². The van der Waals surface area contributed by atoms with Crippen LogP contribution in [0.3, 0.4) is 0 Å². The van der Waals surface area contributed by atoms with Crippen molar-refractivity contribution in [3.8, 4) is 11.8 Å². The lowest BCUT2D eigenvalue weighted by molar-refractivity contribution is -0.149. The van der Waals surface area contributed by atoms with Crippen LogP contribution >= 0.6 is 0 Å². The van der Waals surface area contributed by atoms with E-state index in [4.69, 9.17) is 4.74 Å². The van der Waals surface area contributed by atoms with Gasteiger partial charge in [-0.15, -0.1) is 11.7 Å². The van der Waals surface area contributed by atoms with Crippen molar-refractivity contribution in [2.24, 2.45) is 0 Å². The Labute approximate surface area is 137 Å². The van der Waals surface area contributed by atoms with Crippen molar-refractivity contribution < 1.29 is 14.3 Å². The summed E-state index contributed by atoms with van der Waals surface area (Å²) in [7, 11) is 1.29. The highest BCUT2D eigenvalue weighted by Crippen LogP contribution is 2.21. The highest BCUT2D eigenvalue weighted by molar-refractivity contribution is 5.99. The summed E-state index contributed by atoms with van der Waals surface area (Å²) in [5, 5.41) is 0. The number of esters is 1. The molecule has 0 radical (unpaired) electrons. The monoisotopic (exact) mass is 311 g/mol. The molecule has 1 amide bonds. The van der Waals surface area contributed by atoms with E-state index in [9.17, 15) is 9.59 Å². The molecule has 0 aliphatic heterocycles. The molecule has 0 saturated carbocycles. The molecule has 0 saturated heterocycles. The first-order chi connectivity index (χ1) is 11.0. The Hall–Kier alpha value is -2.76. The van der Waals surface area contributed by atoms with Crippen LogP contribution in [0.5, 0.6) is 0 Å². The van der Waals surface area contributed by atoms with Crippen LogP contribution in [0.15, 0.2) is 48.2 Å². The van der Waals surface area contributed by atoms with Crippen molar-refractivity contribution >= 4 is 11.9 Å². The molecular formula is C19H21NO3. The minimum absolute atomic E-state index is 0.109. The molecule has 4 nitrogen and oxygen atoms in total. The summed E-state index contributed by atoms with van der Waals surface area (Å²) >= 11 is 0. The SMILES string of the molecule is CC#CCN(C(=O)c1ccccc1)C(C)(C=C=CC)C(=O)OC. The molecule has 0 heterocycles. The van der Waals surface area contributed by atoms with Gasteiger partial charge in [0.15, 0.2) is 5.54 Å². The summed E-state index contributed by atoms with van der Waals surface area (Å²) in [5.41, 5.74) is 2.06. The Bertz CT molecular complexity index is 672. The first-order valence-electron chi connectivity index (χ1n) is 7.24. The Kier molecular flexibility index (Phi) is 6.86. The number of methoxy groups -OCH3 is 1. The summed E-state index contributed by atoms with van der Waals surface area (Å²) in [5.74, 6) is 4.76. The Balaban J connectivity index is 3.40. The lowest BCUT2D eigenvalue weighted by Crippen LogP contribution is -2.54. The van der Waals surface area contributed by atoms with Gasteiger partial charge in [-0.2, -0.15) is 0 Å². The number of benzene rings is 1. The lowest BCUT2D eigenvalue weighted by atomic mass is 9.98. The second-order valence-electron chi connectivity index (χ2n) is 4.92. The highest BCUT2D eigenvalue weighted by Gasteiger charge is 2.41. The molecule has 0 aliphatic carbocycles. The van der Waals surface area contributed by atoms with Gasteiger partial charge < -0.3 is 9.64 Å². The standard InChI is InChI=1S/C19H21NO3/c1-5-7-14-19(3,18(22)23-4)20(15-8-6-2)17(21)16-12-10-9-11-13-16/h5,9-14H,15H2,1-4H3. The van der Waals surface area contributed by atoms with Crippen molar-refractivity contribution in [2.75, 3.05) is 13.7 Å². The molecule has 4 heteroatoms. The van der Waals surface area contributed by atoms with E-state index in [1.165, 1.54) is 18.1 Å². The number of hydrogen-bond donors (Lipinski definition) is 0. The maximum atomic E-state index is 12.9. The third kappa shape index (κ3) is 4.35. The Morgan fingerprint density at radius 3 is 2.48 bits per heavy atom. The molecule has 1 aromatic carbocycles. The predicted molar refractivity (Wildman–Crippen MR) is 89.7 cm³/mol. The van der Waals surface area contributed by atoms with Gasteiger partial charge >= 0.3 is 5.97 Å². The van der Waals surface area contributed by atoms with E-state index in [1.54, 1.807) is 51.1 Å². The first-order valence-corrected chi connectivity index (χ1v) is 7.24. The van der Waals surface area contributed by atoms with Gasteiger partial charge in [-0.3, -0.25) is 4.79 Å². The summed E-state index contributed by atoms with van der Waals surface area (Å²) in [6, 6.07) is 8.77. The molecule has 0 aromatic heterocycles. The van der Waals surface area contributed by atoms with Crippen LogP contribution in [-0.2, 0) is 9.53 Å². The molecule has 0 fully saturated rings. The van der Waals surface area contributed by atoms with E-state index in [-0.39, 0.29) is 12.5 Å². The number of amides is 1. The molecule has 0 spiro atoms. The van der Waals surface area contributed by atoms with E-state index in [2.05, 4.69) is 17.6 Å². The van der Waals surface area contributed by atoms with Crippen LogP contribution in [0, 0.1) is 11.8 Å². The zero-order valence-electron chi connectivity index (χ0n) is 13.9. The fourth-order valence-electron chi connectivity index (χ4n) is 2.04. The second-order valence-corrected chi connectivity index (χ2v) is 4.92. The van der Waals surface area contributed by atoms with E-state index < -0.39 is 11.5 Å². The average molecular weight is 311 g/mol. The highest BCUT2D eigenvalue weighted by atomic mass is 16.5. The number of ether oxygens (including phenoxy) is 1. The van der Waals surface area contributed by atoms with Crippen molar-refractivity contribution in [3.63, 3.8) is 0 Å². The number of hydrogen-bond acceptors (Lipinski definition) is 3. The maximum absolute atomic E-state index is 12.9. The number of rotatable bonds is 5. The summed E-state index contributed by atoms with van der Waals surface area (Å²) in [6.45, 7) is 5.19. The smallest absolute Gasteiger partial charge is 0.336 e. The van der Waals surface area contributed by atoms with E-state index in [0.717, 1.165) is 0 Å². The largest absolute Gasteiger partial charge is 0.467 e. The molecule has 1 unspecified atom stereocenters. The van der Waals surface area contributed by atoms with Crippen molar-refractivity contribution in [1.29, 1.82) is 0 Å². The minimum Gasteiger partial charge on any atom is -0.467 e. The molecule has 1 rings (SSSR count). The van der Waals surface area contributed by atoms with Crippen LogP contribution in [0.1, 0.15) is 31.1 Å². The molecule has 120 valence electrons. The normalized spacial score (nSPS) is 11.8. The summed E-state index contributed by atoms with van der Waals surface area (Å²) < 4.78 is 4.89. The minimum atomic E-state index is -1.29. The first kappa shape index (κ1) is 18.3. The lowest BCUT2D eigenvalue weighted by Gasteiger charge is -2.35. The Morgan fingerprint density at radius 1 is 1.30 bits per heavy atom. The zero-order valence-corrected chi connectivity index (χ0v) is 13.9. The molecule has 1 atom stereocenters. The van der Waals surface area contributed by atoms with Crippen LogP contribution in [0.25, 0.3) is 0 Å². The number of carbonyl (C=O) groups is 2. The topological polar surface area (TPSA) is 46.6 Å². The van der Waals surface area contributed by atoms with Crippen molar-refractivity contribution in [3.05, 3.63) is 53.8 Å². The number of nitrogens with zero attached hydrogens (tertiary/aromatic N) is 1. The molecule has 0 aliphatic rings. The molecule has 23 heavy (non-hydrogen) atoms. The quantitative estimate of drug-likeness (QED) is 0.477. The Morgan fingerprint density at radius 2 is 1.96 bits per heavy atom. The van der Waals surface area contributed by atoms with Gasteiger partial charge in [0, 0.05) is 5.56 Å². The second kappa shape index (κ2) is 8.63. The maximum Gasteiger partial charge on any atom is 0.336 e. The molecule has 0 bridgehead atoms. The van der Waals surface area contributed by atoms with Gasteiger partial charge in [0.25, 0.3) is 5.91 Å².